The number of likely N-dealkylation sites (tertiary alicyclic amines) is 1. The van der Waals surface area contributed by atoms with Crippen molar-refractivity contribution in [2.75, 3.05) is 18.8 Å². The Morgan fingerprint density at radius 1 is 1.33 bits per heavy atom. The Kier molecular flexibility index (Phi) is 5.79. The second kappa shape index (κ2) is 7.46. The van der Waals surface area contributed by atoms with Gasteiger partial charge in [0.05, 0.1) is 17.6 Å². The van der Waals surface area contributed by atoms with E-state index in [2.05, 4.69) is 0 Å². The van der Waals surface area contributed by atoms with Gasteiger partial charge in [0.2, 0.25) is 5.91 Å². The highest BCUT2D eigenvalue weighted by Crippen LogP contribution is 2.37. The molecule has 0 saturated carbocycles. The minimum Gasteiger partial charge on any atom is -0.481 e. The highest BCUT2D eigenvalue weighted by Gasteiger charge is 2.53. The van der Waals surface area contributed by atoms with E-state index < -0.39 is 36.4 Å². The van der Waals surface area contributed by atoms with Crippen LogP contribution in [0.5, 0.6) is 0 Å². The summed E-state index contributed by atoms with van der Waals surface area (Å²) in [5.41, 5.74) is 2.13. The zero-order valence-electron chi connectivity index (χ0n) is 13.0. The molecule has 1 saturated heterocycles. The van der Waals surface area contributed by atoms with Crippen molar-refractivity contribution in [3.05, 3.63) is 35.4 Å². The van der Waals surface area contributed by atoms with Crippen molar-refractivity contribution in [2.45, 2.75) is 18.9 Å². The number of benzene rings is 1. The number of halogens is 3. The summed E-state index contributed by atoms with van der Waals surface area (Å²) in [6.45, 7) is 0.987. The molecular weight excluding hydrogens is 343 g/mol. The van der Waals surface area contributed by atoms with Gasteiger partial charge in [0.1, 0.15) is 0 Å². The molecule has 0 spiro atoms. The molecule has 1 aliphatic heterocycles. The number of rotatable bonds is 5. The van der Waals surface area contributed by atoms with Crippen LogP contribution in [0.15, 0.2) is 24.3 Å². The van der Waals surface area contributed by atoms with Crippen LogP contribution in [-0.2, 0) is 15.3 Å². The lowest BCUT2D eigenvalue weighted by Gasteiger charge is -2.18. The van der Waals surface area contributed by atoms with Crippen molar-refractivity contribution < 1.29 is 27.9 Å². The molecule has 0 aliphatic carbocycles. The number of thioether (sulfide) groups is 1. The number of carboxylic acids is 1. The molecule has 1 heterocycles. The fourth-order valence-corrected chi connectivity index (χ4v) is 3.61. The molecule has 4 nitrogen and oxygen atoms in total. The van der Waals surface area contributed by atoms with Crippen molar-refractivity contribution in [1.29, 1.82) is 0 Å². The predicted molar refractivity (Wildman–Crippen MR) is 84.6 cm³/mol. The van der Waals surface area contributed by atoms with E-state index >= 15 is 0 Å². The molecule has 8 heteroatoms. The summed E-state index contributed by atoms with van der Waals surface area (Å²) in [7, 11) is 0. The maximum absolute atomic E-state index is 12.9. The largest absolute Gasteiger partial charge is 0.481 e. The van der Waals surface area contributed by atoms with E-state index in [4.69, 9.17) is 5.11 Å². The molecule has 1 aromatic carbocycles. The average Bonchev–Trinajstić information content (AvgIpc) is 2.93. The van der Waals surface area contributed by atoms with Crippen molar-refractivity contribution >= 4 is 23.6 Å². The fraction of sp³-hybridized carbons (Fsp3) is 0.500. The van der Waals surface area contributed by atoms with Gasteiger partial charge in [-0.1, -0.05) is 29.8 Å². The van der Waals surface area contributed by atoms with Gasteiger partial charge in [0.25, 0.3) is 0 Å². The van der Waals surface area contributed by atoms with E-state index in [-0.39, 0.29) is 12.3 Å². The number of carboxylic acid groups (broad SMARTS) is 1. The van der Waals surface area contributed by atoms with Crippen molar-refractivity contribution in [3.63, 3.8) is 0 Å². The lowest BCUT2D eigenvalue weighted by Crippen LogP contribution is -2.34. The molecular formula is C16H18F3NO3S. The molecule has 132 valence electrons. The molecule has 1 aliphatic rings. The minimum absolute atomic E-state index is 0.0326. The summed E-state index contributed by atoms with van der Waals surface area (Å²) in [5.74, 6) is -4.95. The first-order valence-electron chi connectivity index (χ1n) is 7.39. The molecule has 1 fully saturated rings. The molecule has 2 atom stereocenters. The van der Waals surface area contributed by atoms with E-state index in [1.54, 1.807) is 0 Å². The summed E-state index contributed by atoms with van der Waals surface area (Å²) in [5, 5.41) is 8.95. The second-order valence-electron chi connectivity index (χ2n) is 5.87. The third kappa shape index (κ3) is 4.66. The van der Waals surface area contributed by atoms with Gasteiger partial charge in [-0.2, -0.15) is 13.2 Å². The Morgan fingerprint density at radius 3 is 2.58 bits per heavy atom. The number of carbonyl (C=O) groups is 2. The Labute approximate surface area is 142 Å². The number of alkyl halides is 3. The number of nitrogens with zero attached hydrogens (tertiary/aromatic N) is 1. The normalized spacial score (nSPS) is 21.1. The van der Waals surface area contributed by atoms with Gasteiger partial charge in [0.15, 0.2) is 0 Å². The first kappa shape index (κ1) is 18.6. The lowest BCUT2D eigenvalue weighted by molar-refractivity contribution is -0.188. The zero-order chi connectivity index (χ0) is 17.9. The van der Waals surface area contributed by atoms with Crippen LogP contribution in [0.25, 0.3) is 0 Å². The van der Waals surface area contributed by atoms with E-state index in [1.165, 1.54) is 11.8 Å². The number of amides is 1. The topological polar surface area (TPSA) is 57.6 Å². The number of hydrogen-bond donors (Lipinski definition) is 1. The highest BCUT2D eigenvalue weighted by atomic mass is 32.2. The quantitative estimate of drug-likeness (QED) is 0.876. The second-order valence-corrected chi connectivity index (χ2v) is 6.86. The summed E-state index contributed by atoms with van der Waals surface area (Å²) in [6.07, 6.45) is -4.62. The van der Waals surface area contributed by atoms with Crippen LogP contribution in [0.2, 0.25) is 0 Å². The van der Waals surface area contributed by atoms with E-state index in [0.717, 1.165) is 16.0 Å². The van der Waals surface area contributed by atoms with Crippen LogP contribution >= 0.6 is 11.8 Å². The molecule has 0 radical (unpaired) electrons. The molecule has 1 aromatic rings. The van der Waals surface area contributed by atoms with Crippen LogP contribution in [0, 0.1) is 18.8 Å². The van der Waals surface area contributed by atoms with E-state index in [1.807, 2.05) is 31.2 Å². The van der Waals surface area contributed by atoms with Crippen LogP contribution in [-0.4, -0.2) is 46.9 Å². The first-order valence-corrected chi connectivity index (χ1v) is 8.54. The number of carbonyl (C=O) groups excluding carboxylic acids is 1. The van der Waals surface area contributed by atoms with Crippen molar-refractivity contribution in [2.24, 2.45) is 11.8 Å². The third-order valence-corrected chi connectivity index (χ3v) is 4.98. The van der Waals surface area contributed by atoms with E-state index in [0.29, 0.717) is 5.75 Å². The molecule has 2 rings (SSSR count). The Hall–Kier alpha value is -1.70. The smallest absolute Gasteiger partial charge is 0.394 e. The van der Waals surface area contributed by atoms with Crippen LogP contribution in [0.3, 0.4) is 0 Å². The fourth-order valence-electron chi connectivity index (χ4n) is 2.74. The molecule has 0 unspecified atom stereocenters. The van der Waals surface area contributed by atoms with Gasteiger partial charge in [-0.15, -0.1) is 11.8 Å². The summed E-state index contributed by atoms with van der Waals surface area (Å²) >= 11 is 1.31. The lowest BCUT2D eigenvalue weighted by atomic mass is 9.96. The zero-order valence-corrected chi connectivity index (χ0v) is 13.9. The van der Waals surface area contributed by atoms with Gasteiger partial charge in [0, 0.05) is 18.8 Å². The summed E-state index contributed by atoms with van der Waals surface area (Å²) in [6, 6.07) is 7.75. The maximum atomic E-state index is 12.9. The third-order valence-electron chi connectivity index (χ3n) is 3.99. The van der Waals surface area contributed by atoms with Gasteiger partial charge in [-0.3, -0.25) is 9.59 Å². The molecule has 1 amide bonds. The Balaban J connectivity index is 1.90. The highest BCUT2D eigenvalue weighted by molar-refractivity contribution is 7.99. The first-order chi connectivity index (χ1) is 11.2. The van der Waals surface area contributed by atoms with Crippen molar-refractivity contribution in [1.82, 2.24) is 4.90 Å². The molecule has 1 N–H and O–H groups in total. The average molecular weight is 361 g/mol. The Bertz CT molecular complexity index is 621. The van der Waals surface area contributed by atoms with Crippen LogP contribution in [0.4, 0.5) is 13.2 Å². The van der Waals surface area contributed by atoms with Gasteiger partial charge >= 0.3 is 12.1 Å². The summed E-state index contributed by atoms with van der Waals surface area (Å²) in [4.78, 5) is 24.1. The molecule has 0 aromatic heterocycles. The number of hydrogen-bond acceptors (Lipinski definition) is 3. The monoisotopic (exact) mass is 361 g/mol. The maximum Gasteiger partial charge on any atom is 0.394 e. The SMILES string of the molecule is Cc1cccc(CSCC(=O)N2C[C@@H](C(F)(F)F)[C@H](C(=O)O)C2)c1. The van der Waals surface area contributed by atoms with Gasteiger partial charge in [-0.25, -0.2) is 0 Å². The standard InChI is InChI=1S/C16H18F3NO3S/c1-10-3-2-4-11(5-10)8-24-9-14(21)20-6-12(15(22)23)13(7-20)16(17,18)19/h2-5,12-13H,6-9H2,1H3,(H,22,23)/t12-,13-/m1/s1. The molecule has 24 heavy (non-hydrogen) atoms. The van der Waals surface area contributed by atoms with Gasteiger partial charge < -0.3 is 10.0 Å². The molecule has 0 bridgehead atoms. The number of aliphatic carboxylic acids is 1. The van der Waals surface area contributed by atoms with E-state index in [9.17, 15) is 22.8 Å². The summed E-state index contributed by atoms with van der Waals surface area (Å²) < 4.78 is 38.7. The van der Waals surface area contributed by atoms with Crippen molar-refractivity contribution in [3.8, 4) is 0 Å². The van der Waals surface area contributed by atoms with Gasteiger partial charge in [-0.05, 0) is 12.5 Å². The Morgan fingerprint density at radius 2 is 2.04 bits per heavy atom. The van der Waals surface area contributed by atoms with Crippen LogP contribution in [0.1, 0.15) is 11.1 Å². The van der Waals surface area contributed by atoms with Crippen LogP contribution < -0.4 is 0 Å². The predicted octanol–water partition coefficient (Wildman–Crippen LogP) is 2.95. The minimum atomic E-state index is -4.62. The number of aryl methyl sites for hydroxylation is 1.